The second-order valence-corrected chi connectivity index (χ2v) is 15.8. The maximum Gasteiger partial charge on any atom is 0.241 e. The fourth-order valence-electron chi connectivity index (χ4n) is 6.88. The van der Waals surface area contributed by atoms with Gasteiger partial charge in [-0.1, -0.05) is 133 Å². The van der Waals surface area contributed by atoms with Gasteiger partial charge in [-0.2, -0.15) is 4.72 Å². The molecule has 0 spiro atoms. The van der Waals surface area contributed by atoms with Gasteiger partial charge in [0.15, 0.2) is 6.29 Å². The molecule has 0 aromatic heterocycles. The molecule has 9 nitrogen and oxygen atoms in total. The molecule has 1 fully saturated rings. The maximum atomic E-state index is 13.6. The molecule has 55 heavy (non-hydrogen) atoms. The van der Waals surface area contributed by atoms with Crippen LogP contribution in [0.15, 0.2) is 151 Å². The number of sulfonamides is 1. The van der Waals surface area contributed by atoms with Crippen molar-refractivity contribution in [3.63, 3.8) is 0 Å². The SMILES string of the molecule is C=CCN(C)CC1OC(c2ccc(CNC(=O)C(Cc3ccccc3)NS(=O)(=O)c3ccc(C)cc3)cc2)OC(c2ccc(CO)cc2)C1c1ccccc1. The van der Waals surface area contributed by atoms with Crippen LogP contribution in [0.25, 0.3) is 0 Å². The van der Waals surface area contributed by atoms with Gasteiger partial charge in [-0.25, -0.2) is 8.42 Å². The minimum absolute atomic E-state index is 0.0435. The number of likely N-dealkylation sites (N-methyl/N-ethyl adjacent to an activating group) is 1. The number of ether oxygens (including phenoxy) is 2. The topological polar surface area (TPSA) is 117 Å². The largest absolute Gasteiger partial charge is 0.392 e. The number of carbonyl (C=O) groups excluding carboxylic acids is 1. The van der Waals surface area contributed by atoms with Crippen molar-refractivity contribution in [3.8, 4) is 0 Å². The van der Waals surface area contributed by atoms with E-state index >= 15 is 0 Å². The summed E-state index contributed by atoms with van der Waals surface area (Å²) in [6.45, 7) is 7.29. The first-order chi connectivity index (χ1) is 26.6. The molecule has 5 atom stereocenters. The predicted octanol–water partition coefficient (Wildman–Crippen LogP) is 6.75. The number of aliphatic hydroxyl groups is 1. The molecule has 1 aliphatic rings. The summed E-state index contributed by atoms with van der Waals surface area (Å²) in [6.07, 6.45) is 0.793. The van der Waals surface area contributed by atoms with E-state index in [9.17, 15) is 18.3 Å². The average Bonchev–Trinajstić information content (AvgIpc) is 3.20. The molecule has 5 aromatic carbocycles. The van der Waals surface area contributed by atoms with Crippen molar-refractivity contribution >= 4 is 15.9 Å². The predicted molar refractivity (Wildman–Crippen MR) is 214 cm³/mol. The molecule has 0 radical (unpaired) electrons. The molecule has 5 aromatic rings. The smallest absolute Gasteiger partial charge is 0.241 e. The van der Waals surface area contributed by atoms with Crippen molar-refractivity contribution in [2.24, 2.45) is 0 Å². The lowest BCUT2D eigenvalue weighted by atomic mass is 9.83. The Kier molecular flexibility index (Phi) is 13.4. The Morgan fingerprint density at radius 1 is 0.800 bits per heavy atom. The van der Waals surface area contributed by atoms with E-state index in [0.717, 1.165) is 38.9 Å². The normalized spacial score (nSPS) is 19.1. The highest BCUT2D eigenvalue weighted by atomic mass is 32.2. The third kappa shape index (κ3) is 10.4. The average molecular weight is 760 g/mol. The number of rotatable bonds is 16. The summed E-state index contributed by atoms with van der Waals surface area (Å²) < 4.78 is 42.9. The van der Waals surface area contributed by atoms with Gasteiger partial charge in [0.2, 0.25) is 15.9 Å². The zero-order valence-electron chi connectivity index (χ0n) is 31.3. The van der Waals surface area contributed by atoms with Crippen LogP contribution in [0, 0.1) is 6.92 Å². The Bertz CT molecular complexity index is 2100. The van der Waals surface area contributed by atoms with Crippen LogP contribution in [0.4, 0.5) is 0 Å². The van der Waals surface area contributed by atoms with Gasteiger partial charge >= 0.3 is 0 Å². The summed E-state index contributed by atoms with van der Waals surface area (Å²) in [5.41, 5.74) is 6.33. The second kappa shape index (κ2) is 18.6. The Balaban J connectivity index is 1.20. The molecule has 0 bridgehead atoms. The highest BCUT2D eigenvalue weighted by Gasteiger charge is 2.42. The number of amides is 1. The number of nitrogens with zero attached hydrogens (tertiary/aromatic N) is 1. The number of benzene rings is 5. The molecule has 3 N–H and O–H groups in total. The van der Waals surface area contributed by atoms with Crippen LogP contribution in [-0.2, 0) is 43.9 Å². The minimum atomic E-state index is -3.97. The number of nitrogens with one attached hydrogen (secondary N) is 2. The molecular weight excluding hydrogens is 711 g/mol. The van der Waals surface area contributed by atoms with Crippen molar-refractivity contribution in [2.45, 2.75) is 61.8 Å². The van der Waals surface area contributed by atoms with Crippen LogP contribution in [0.5, 0.6) is 0 Å². The van der Waals surface area contributed by atoms with Crippen molar-refractivity contribution < 1.29 is 27.8 Å². The molecular formula is C45H49N3O6S. The van der Waals surface area contributed by atoms with E-state index in [4.69, 9.17) is 9.47 Å². The van der Waals surface area contributed by atoms with Crippen molar-refractivity contribution in [2.75, 3.05) is 20.1 Å². The highest BCUT2D eigenvalue weighted by molar-refractivity contribution is 7.89. The summed E-state index contributed by atoms with van der Waals surface area (Å²) in [6, 6.07) is 40.7. The van der Waals surface area contributed by atoms with E-state index in [2.05, 4.69) is 33.7 Å². The first-order valence-corrected chi connectivity index (χ1v) is 20.0. The van der Waals surface area contributed by atoms with Gasteiger partial charge in [0.05, 0.1) is 23.7 Å². The Morgan fingerprint density at radius 3 is 2.05 bits per heavy atom. The molecule has 10 heteroatoms. The zero-order chi connectivity index (χ0) is 38.8. The fourth-order valence-corrected chi connectivity index (χ4v) is 8.08. The molecule has 1 aliphatic heterocycles. The standard InChI is InChI=1S/C45H49N3O6S/c1-4-27-48(3)30-41-42(36-13-9-6-10-14-36)43(37-21-19-35(31-49)20-22-37)54-45(53-41)38-23-17-34(18-24-38)29-46-44(50)40(28-33-11-7-5-8-12-33)47-55(51,52)39-25-15-32(2)16-26-39/h4-26,40-43,45,47,49H,1,27-31H2,2-3H3,(H,46,50). The lowest BCUT2D eigenvalue weighted by Gasteiger charge is -2.44. The molecule has 1 heterocycles. The first kappa shape index (κ1) is 39.7. The number of hydrogen-bond acceptors (Lipinski definition) is 7. The van der Waals surface area contributed by atoms with Crippen LogP contribution >= 0.6 is 0 Å². The fraction of sp³-hybridized carbons (Fsp3) is 0.267. The second-order valence-electron chi connectivity index (χ2n) is 14.0. The molecule has 1 saturated heterocycles. The van der Waals surface area contributed by atoms with Crippen LogP contribution in [0.3, 0.4) is 0 Å². The minimum Gasteiger partial charge on any atom is -0.392 e. The summed E-state index contributed by atoms with van der Waals surface area (Å²) >= 11 is 0. The number of aryl methyl sites for hydroxylation is 1. The van der Waals surface area contributed by atoms with Crippen molar-refractivity contribution in [1.82, 2.24) is 14.9 Å². The lowest BCUT2D eigenvalue weighted by molar-refractivity contribution is -0.263. The number of aliphatic hydroxyl groups excluding tert-OH is 1. The quantitative estimate of drug-likeness (QED) is 0.0954. The van der Waals surface area contributed by atoms with Crippen LogP contribution in [0.2, 0.25) is 0 Å². The van der Waals surface area contributed by atoms with Crippen LogP contribution in [0.1, 0.15) is 57.3 Å². The molecule has 6 rings (SSSR count). The Morgan fingerprint density at radius 2 is 1.42 bits per heavy atom. The van der Waals surface area contributed by atoms with Gasteiger partial charge < -0.3 is 24.8 Å². The zero-order valence-corrected chi connectivity index (χ0v) is 32.1. The van der Waals surface area contributed by atoms with E-state index in [1.165, 1.54) is 12.1 Å². The van der Waals surface area contributed by atoms with Gasteiger partial charge in [0.1, 0.15) is 6.04 Å². The van der Waals surface area contributed by atoms with Gasteiger partial charge in [-0.3, -0.25) is 4.79 Å². The molecule has 0 aliphatic carbocycles. The van der Waals surface area contributed by atoms with Crippen LogP contribution in [-0.4, -0.2) is 56.6 Å². The molecule has 286 valence electrons. The van der Waals surface area contributed by atoms with Gasteiger partial charge in [0.25, 0.3) is 0 Å². The van der Waals surface area contributed by atoms with Crippen LogP contribution < -0.4 is 10.0 Å². The first-order valence-electron chi connectivity index (χ1n) is 18.5. The Labute approximate surface area is 324 Å². The highest BCUT2D eigenvalue weighted by Crippen LogP contribution is 2.47. The molecule has 5 unspecified atom stereocenters. The van der Waals surface area contributed by atoms with E-state index in [-0.39, 0.29) is 42.6 Å². The van der Waals surface area contributed by atoms with Gasteiger partial charge in [0, 0.05) is 31.1 Å². The van der Waals surface area contributed by atoms with E-state index in [1.807, 2.05) is 117 Å². The lowest BCUT2D eigenvalue weighted by Crippen LogP contribution is -2.47. The maximum absolute atomic E-state index is 13.6. The van der Waals surface area contributed by atoms with E-state index in [1.54, 1.807) is 12.1 Å². The molecule has 0 saturated carbocycles. The number of carbonyl (C=O) groups is 1. The van der Waals surface area contributed by atoms with E-state index in [0.29, 0.717) is 13.1 Å². The number of hydrogen-bond donors (Lipinski definition) is 3. The monoisotopic (exact) mass is 759 g/mol. The summed E-state index contributed by atoms with van der Waals surface area (Å²) in [5, 5.41) is 12.7. The summed E-state index contributed by atoms with van der Waals surface area (Å²) in [5.74, 6) is -0.553. The van der Waals surface area contributed by atoms with Crippen molar-refractivity contribution in [1.29, 1.82) is 0 Å². The van der Waals surface area contributed by atoms with Gasteiger partial charge in [-0.05, 0) is 60.3 Å². The third-order valence-corrected chi connectivity index (χ3v) is 11.3. The summed E-state index contributed by atoms with van der Waals surface area (Å²) in [7, 11) is -1.92. The Hall–Kier alpha value is -4.94. The van der Waals surface area contributed by atoms with E-state index < -0.39 is 28.3 Å². The third-order valence-electron chi connectivity index (χ3n) is 9.85. The molecule has 1 amide bonds. The summed E-state index contributed by atoms with van der Waals surface area (Å²) in [4.78, 5) is 15.9. The van der Waals surface area contributed by atoms with Gasteiger partial charge in [-0.15, -0.1) is 6.58 Å². The van der Waals surface area contributed by atoms with Crippen molar-refractivity contribution in [3.05, 3.63) is 185 Å².